The number of carbonyl (C=O) groups is 1. The van der Waals surface area contributed by atoms with E-state index in [2.05, 4.69) is 10.6 Å². The lowest BCUT2D eigenvalue weighted by atomic mass is 10.2. The molecule has 0 atom stereocenters. The van der Waals surface area contributed by atoms with Crippen LogP contribution in [0.4, 0.5) is 0 Å². The summed E-state index contributed by atoms with van der Waals surface area (Å²) in [7, 11) is 0. The first-order valence-corrected chi connectivity index (χ1v) is 6.74. The summed E-state index contributed by atoms with van der Waals surface area (Å²) in [6, 6.07) is 8.70. The zero-order valence-corrected chi connectivity index (χ0v) is 11.4. The second kappa shape index (κ2) is 6.86. The predicted molar refractivity (Wildman–Crippen MR) is 78.0 cm³/mol. The quantitative estimate of drug-likeness (QED) is 0.619. The monoisotopic (exact) mass is 274 g/mol. The third-order valence-corrected chi connectivity index (χ3v) is 2.95. The molecule has 2 aromatic rings. The molecule has 0 radical (unpaired) electrons. The van der Waals surface area contributed by atoms with Crippen LogP contribution in [0.3, 0.4) is 0 Å². The van der Waals surface area contributed by atoms with Crippen LogP contribution < -0.4 is 16.3 Å². The van der Waals surface area contributed by atoms with Crippen LogP contribution in [-0.2, 0) is 0 Å². The molecule has 1 heterocycles. The van der Waals surface area contributed by atoms with Gasteiger partial charge in [0.15, 0.2) is 0 Å². The van der Waals surface area contributed by atoms with Crippen LogP contribution in [0, 0.1) is 0 Å². The van der Waals surface area contributed by atoms with Gasteiger partial charge in [0, 0.05) is 11.9 Å². The number of hydrogen-bond acceptors (Lipinski definition) is 4. The highest BCUT2D eigenvalue weighted by Gasteiger charge is 2.12. The molecule has 0 spiro atoms. The summed E-state index contributed by atoms with van der Waals surface area (Å²) in [4.78, 5) is 23.7. The van der Waals surface area contributed by atoms with Crippen LogP contribution in [0.5, 0.6) is 0 Å². The summed E-state index contributed by atoms with van der Waals surface area (Å²) in [6.45, 7) is 4.29. The SMILES string of the molecule is CCNCCCNC(=O)c1cc2ccccc2oc1=O. The van der Waals surface area contributed by atoms with E-state index in [-0.39, 0.29) is 11.5 Å². The molecule has 0 saturated heterocycles. The number of fused-ring (bicyclic) bond motifs is 1. The first-order chi connectivity index (χ1) is 9.72. The first-order valence-electron chi connectivity index (χ1n) is 6.74. The van der Waals surface area contributed by atoms with Crippen molar-refractivity contribution >= 4 is 16.9 Å². The Bertz CT molecular complexity index is 649. The summed E-state index contributed by atoms with van der Waals surface area (Å²) in [5.74, 6) is -0.388. The smallest absolute Gasteiger partial charge is 0.349 e. The minimum Gasteiger partial charge on any atom is -0.422 e. The van der Waals surface area contributed by atoms with Crippen LogP contribution in [0.1, 0.15) is 23.7 Å². The summed E-state index contributed by atoms with van der Waals surface area (Å²) >= 11 is 0. The minimum absolute atomic E-state index is 0.0483. The summed E-state index contributed by atoms with van der Waals surface area (Å²) in [6.07, 6.45) is 0.818. The summed E-state index contributed by atoms with van der Waals surface area (Å²) in [5, 5.41) is 6.63. The summed E-state index contributed by atoms with van der Waals surface area (Å²) < 4.78 is 5.13. The Balaban J connectivity index is 2.06. The summed E-state index contributed by atoms with van der Waals surface area (Å²) in [5.41, 5.74) is -0.0683. The van der Waals surface area contributed by atoms with Crippen molar-refractivity contribution in [1.29, 1.82) is 0 Å². The van der Waals surface area contributed by atoms with Gasteiger partial charge in [0.05, 0.1) is 0 Å². The Labute approximate surface area is 117 Å². The van der Waals surface area contributed by atoms with Crippen molar-refractivity contribution in [3.05, 3.63) is 46.3 Å². The molecule has 0 aliphatic heterocycles. The topological polar surface area (TPSA) is 71.3 Å². The van der Waals surface area contributed by atoms with E-state index in [1.54, 1.807) is 24.3 Å². The fourth-order valence-corrected chi connectivity index (χ4v) is 1.91. The van der Waals surface area contributed by atoms with Crippen molar-refractivity contribution in [3.8, 4) is 0 Å². The van der Waals surface area contributed by atoms with Gasteiger partial charge in [0.2, 0.25) is 0 Å². The molecule has 0 saturated carbocycles. The minimum atomic E-state index is -0.604. The van der Waals surface area contributed by atoms with E-state index < -0.39 is 5.63 Å². The number of para-hydroxylation sites is 1. The van der Waals surface area contributed by atoms with Crippen LogP contribution in [0.25, 0.3) is 11.0 Å². The van der Waals surface area contributed by atoms with E-state index >= 15 is 0 Å². The van der Waals surface area contributed by atoms with E-state index in [4.69, 9.17) is 4.42 Å². The molecule has 5 heteroatoms. The number of hydrogen-bond donors (Lipinski definition) is 2. The van der Waals surface area contributed by atoms with Crippen LogP contribution in [0.15, 0.2) is 39.5 Å². The Hall–Kier alpha value is -2.14. The molecule has 0 fully saturated rings. The van der Waals surface area contributed by atoms with E-state index in [1.165, 1.54) is 0 Å². The largest absolute Gasteiger partial charge is 0.422 e. The molecule has 0 bridgehead atoms. The molecule has 1 amide bonds. The lowest BCUT2D eigenvalue weighted by Crippen LogP contribution is -2.30. The van der Waals surface area contributed by atoms with E-state index in [1.807, 2.05) is 13.0 Å². The molecule has 0 aliphatic rings. The molecule has 1 aromatic heterocycles. The van der Waals surface area contributed by atoms with Gasteiger partial charge in [-0.1, -0.05) is 25.1 Å². The molecule has 2 rings (SSSR count). The fourth-order valence-electron chi connectivity index (χ4n) is 1.91. The maximum atomic E-state index is 12.0. The third-order valence-electron chi connectivity index (χ3n) is 2.95. The van der Waals surface area contributed by atoms with Crippen molar-refractivity contribution in [2.24, 2.45) is 0 Å². The van der Waals surface area contributed by atoms with Gasteiger partial charge in [-0.2, -0.15) is 0 Å². The Morgan fingerprint density at radius 2 is 2.05 bits per heavy atom. The molecule has 106 valence electrons. The van der Waals surface area contributed by atoms with Gasteiger partial charge in [-0.15, -0.1) is 0 Å². The highest BCUT2D eigenvalue weighted by Crippen LogP contribution is 2.12. The van der Waals surface area contributed by atoms with Crippen molar-refractivity contribution in [1.82, 2.24) is 10.6 Å². The van der Waals surface area contributed by atoms with E-state index in [0.29, 0.717) is 12.1 Å². The van der Waals surface area contributed by atoms with Gasteiger partial charge in [-0.25, -0.2) is 4.79 Å². The van der Waals surface area contributed by atoms with E-state index in [9.17, 15) is 9.59 Å². The molecule has 20 heavy (non-hydrogen) atoms. The van der Waals surface area contributed by atoms with Crippen molar-refractivity contribution in [3.63, 3.8) is 0 Å². The van der Waals surface area contributed by atoms with Gasteiger partial charge in [0.1, 0.15) is 11.1 Å². The normalized spacial score (nSPS) is 10.7. The Kier molecular flexibility index (Phi) is 4.90. The second-order valence-electron chi connectivity index (χ2n) is 4.45. The van der Waals surface area contributed by atoms with Crippen molar-refractivity contribution in [2.45, 2.75) is 13.3 Å². The van der Waals surface area contributed by atoms with Gasteiger partial charge < -0.3 is 15.1 Å². The van der Waals surface area contributed by atoms with Gasteiger partial charge in [0.25, 0.3) is 5.91 Å². The number of amides is 1. The lowest BCUT2D eigenvalue weighted by Gasteiger charge is -2.05. The highest BCUT2D eigenvalue weighted by molar-refractivity contribution is 5.96. The zero-order valence-electron chi connectivity index (χ0n) is 11.4. The molecule has 5 nitrogen and oxygen atoms in total. The van der Waals surface area contributed by atoms with Gasteiger partial charge in [-0.3, -0.25) is 4.79 Å². The Morgan fingerprint density at radius 1 is 1.25 bits per heavy atom. The molecule has 0 unspecified atom stereocenters. The van der Waals surface area contributed by atoms with Crippen LogP contribution in [-0.4, -0.2) is 25.5 Å². The Morgan fingerprint density at radius 3 is 2.85 bits per heavy atom. The van der Waals surface area contributed by atoms with Crippen LogP contribution in [0.2, 0.25) is 0 Å². The average Bonchev–Trinajstić information content (AvgIpc) is 2.46. The van der Waals surface area contributed by atoms with Crippen molar-refractivity contribution < 1.29 is 9.21 Å². The maximum Gasteiger partial charge on any atom is 0.349 e. The standard InChI is InChI=1S/C15H18N2O3/c1-2-16-8-5-9-17-14(18)12-10-11-6-3-4-7-13(11)20-15(12)19/h3-4,6-7,10,16H,2,5,8-9H2,1H3,(H,17,18). The van der Waals surface area contributed by atoms with Gasteiger partial charge in [-0.05, 0) is 31.6 Å². The number of benzene rings is 1. The zero-order chi connectivity index (χ0) is 14.4. The van der Waals surface area contributed by atoms with Crippen LogP contribution >= 0.6 is 0 Å². The number of carbonyl (C=O) groups excluding carboxylic acids is 1. The van der Waals surface area contributed by atoms with Gasteiger partial charge >= 0.3 is 5.63 Å². The highest BCUT2D eigenvalue weighted by atomic mass is 16.4. The second-order valence-corrected chi connectivity index (χ2v) is 4.45. The predicted octanol–water partition coefficient (Wildman–Crippen LogP) is 1.52. The molecule has 1 aromatic carbocycles. The van der Waals surface area contributed by atoms with Crippen molar-refractivity contribution in [2.75, 3.05) is 19.6 Å². The third kappa shape index (κ3) is 3.45. The lowest BCUT2D eigenvalue weighted by molar-refractivity contribution is 0.0950. The van der Waals surface area contributed by atoms with E-state index in [0.717, 1.165) is 24.9 Å². The first kappa shape index (κ1) is 14.3. The molecule has 2 N–H and O–H groups in total. The molecule has 0 aliphatic carbocycles. The fraction of sp³-hybridized carbons (Fsp3) is 0.333. The number of nitrogens with one attached hydrogen (secondary N) is 2. The average molecular weight is 274 g/mol. The maximum absolute atomic E-state index is 12.0. The molecular formula is C15H18N2O3. The number of rotatable bonds is 6. The molecular weight excluding hydrogens is 256 g/mol.